The van der Waals surface area contributed by atoms with Gasteiger partial charge in [-0.2, -0.15) is 0 Å². The van der Waals surface area contributed by atoms with E-state index in [4.69, 9.17) is 10.5 Å². The summed E-state index contributed by atoms with van der Waals surface area (Å²) in [6.07, 6.45) is 10.2. The van der Waals surface area contributed by atoms with Crippen molar-refractivity contribution >= 4 is 5.97 Å². The van der Waals surface area contributed by atoms with E-state index in [-0.39, 0.29) is 12.0 Å². The molecule has 0 amide bonds. The van der Waals surface area contributed by atoms with Crippen molar-refractivity contribution in [3.63, 3.8) is 0 Å². The molecule has 0 aromatic heterocycles. The lowest BCUT2D eigenvalue weighted by Crippen LogP contribution is -2.42. The van der Waals surface area contributed by atoms with Crippen LogP contribution in [0.5, 0.6) is 0 Å². The zero-order chi connectivity index (χ0) is 13.4. The highest BCUT2D eigenvalue weighted by molar-refractivity contribution is 5.77. The molecule has 2 N–H and O–H groups in total. The summed E-state index contributed by atoms with van der Waals surface area (Å²) in [5, 5.41) is 0. The van der Waals surface area contributed by atoms with Crippen LogP contribution in [0.2, 0.25) is 0 Å². The lowest BCUT2D eigenvalue weighted by Gasteiger charge is -2.26. The fraction of sp³-hybridized carbons (Fsp3) is 0.933. The molecule has 1 rings (SSSR count). The first-order chi connectivity index (χ1) is 8.61. The van der Waals surface area contributed by atoms with Gasteiger partial charge in [-0.15, -0.1) is 0 Å². The van der Waals surface area contributed by atoms with E-state index in [0.717, 1.165) is 32.1 Å². The normalized spacial score (nSPS) is 27.4. The molecule has 0 aromatic rings. The molecule has 3 heteroatoms. The van der Waals surface area contributed by atoms with Gasteiger partial charge in [-0.3, -0.25) is 4.79 Å². The summed E-state index contributed by atoms with van der Waals surface area (Å²) in [7, 11) is 0. The molecule has 0 radical (unpaired) electrons. The average Bonchev–Trinajstić information content (AvgIpc) is 2.69. The van der Waals surface area contributed by atoms with Crippen LogP contribution in [0.4, 0.5) is 0 Å². The van der Waals surface area contributed by atoms with E-state index < -0.39 is 5.41 Å². The third-order valence-corrected chi connectivity index (χ3v) is 4.23. The van der Waals surface area contributed by atoms with Crippen LogP contribution in [0.25, 0.3) is 0 Å². The first kappa shape index (κ1) is 15.5. The molecule has 106 valence electrons. The molecule has 0 aromatic carbocycles. The lowest BCUT2D eigenvalue weighted by atomic mass is 9.85. The van der Waals surface area contributed by atoms with Crippen LogP contribution in [0.3, 0.4) is 0 Å². The van der Waals surface area contributed by atoms with Crippen molar-refractivity contribution in [2.75, 3.05) is 6.61 Å². The molecule has 1 aliphatic carbocycles. The van der Waals surface area contributed by atoms with Crippen LogP contribution in [-0.2, 0) is 9.53 Å². The Morgan fingerprint density at radius 3 is 2.56 bits per heavy atom. The van der Waals surface area contributed by atoms with Crippen molar-refractivity contribution in [3.8, 4) is 0 Å². The summed E-state index contributed by atoms with van der Waals surface area (Å²) in [5.41, 5.74) is 5.57. The van der Waals surface area contributed by atoms with Crippen molar-refractivity contribution in [3.05, 3.63) is 0 Å². The fourth-order valence-corrected chi connectivity index (χ4v) is 2.66. The molecule has 18 heavy (non-hydrogen) atoms. The van der Waals surface area contributed by atoms with Crippen LogP contribution in [0, 0.1) is 5.41 Å². The van der Waals surface area contributed by atoms with Gasteiger partial charge in [-0.1, -0.05) is 45.4 Å². The highest BCUT2D eigenvalue weighted by Crippen LogP contribution is 2.37. The van der Waals surface area contributed by atoms with Gasteiger partial charge < -0.3 is 10.5 Å². The van der Waals surface area contributed by atoms with Crippen LogP contribution in [-0.4, -0.2) is 18.6 Å². The Morgan fingerprint density at radius 1 is 1.28 bits per heavy atom. The zero-order valence-electron chi connectivity index (χ0n) is 12.0. The summed E-state index contributed by atoms with van der Waals surface area (Å²) < 4.78 is 5.39. The number of ether oxygens (including phenoxy) is 1. The molecule has 1 saturated carbocycles. The molecule has 0 spiro atoms. The van der Waals surface area contributed by atoms with E-state index in [1.54, 1.807) is 0 Å². The SMILES string of the molecule is CCCCCCCCOC(=O)C1(C)CCCC1N. The van der Waals surface area contributed by atoms with E-state index in [2.05, 4.69) is 6.92 Å². The van der Waals surface area contributed by atoms with E-state index in [1.807, 2.05) is 6.92 Å². The van der Waals surface area contributed by atoms with Crippen LogP contribution >= 0.6 is 0 Å². The number of nitrogens with two attached hydrogens (primary N) is 1. The summed E-state index contributed by atoms with van der Waals surface area (Å²) in [6, 6.07) is -0.0189. The van der Waals surface area contributed by atoms with E-state index in [9.17, 15) is 4.79 Å². The maximum absolute atomic E-state index is 12.0. The van der Waals surface area contributed by atoms with E-state index in [0.29, 0.717) is 6.61 Å². The molecule has 0 heterocycles. The predicted octanol–water partition coefficient (Wildman–Crippen LogP) is 3.41. The Kier molecular flexibility index (Phi) is 6.69. The molecule has 1 aliphatic rings. The first-order valence-electron chi connectivity index (χ1n) is 7.54. The molecule has 0 bridgehead atoms. The van der Waals surface area contributed by atoms with Crippen LogP contribution < -0.4 is 5.73 Å². The second-order valence-corrected chi connectivity index (χ2v) is 5.82. The minimum absolute atomic E-state index is 0.0189. The van der Waals surface area contributed by atoms with Crippen molar-refractivity contribution in [2.24, 2.45) is 11.1 Å². The van der Waals surface area contributed by atoms with Gasteiger partial charge in [0.05, 0.1) is 12.0 Å². The van der Waals surface area contributed by atoms with Crippen LogP contribution in [0.1, 0.15) is 71.6 Å². The fourth-order valence-electron chi connectivity index (χ4n) is 2.66. The Labute approximate surface area is 111 Å². The molecular weight excluding hydrogens is 226 g/mol. The molecule has 0 saturated heterocycles. The van der Waals surface area contributed by atoms with Crippen LogP contribution in [0.15, 0.2) is 0 Å². The van der Waals surface area contributed by atoms with Crippen molar-refractivity contribution < 1.29 is 9.53 Å². The average molecular weight is 255 g/mol. The Balaban J connectivity index is 2.10. The van der Waals surface area contributed by atoms with Gasteiger partial charge in [0.15, 0.2) is 0 Å². The summed E-state index contributed by atoms with van der Waals surface area (Å²) in [4.78, 5) is 12.0. The van der Waals surface area contributed by atoms with Crippen molar-refractivity contribution in [1.82, 2.24) is 0 Å². The topological polar surface area (TPSA) is 52.3 Å². The van der Waals surface area contributed by atoms with Crippen molar-refractivity contribution in [2.45, 2.75) is 77.7 Å². The number of esters is 1. The maximum Gasteiger partial charge on any atom is 0.313 e. The first-order valence-corrected chi connectivity index (χ1v) is 7.54. The third-order valence-electron chi connectivity index (χ3n) is 4.23. The van der Waals surface area contributed by atoms with Gasteiger partial charge in [-0.05, 0) is 26.2 Å². The molecule has 1 fully saturated rings. The van der Waals surface area contributed by atoms with Gasteiger partial charge in [0.1, 0.15) is 0 Å². The van der Waals surface area contributed by atoms with Gasteiger partial charge in [0, 0.05) is 6.04 Å². The quantitative estimate of drug-likeness (QED) is 0.534. The number of hydrogen-bond acceptors (Lipinski definition) is 3. The minimum Gasteiger partial charge on any atom is -0.465 e. The zero-order valence-corrected chi connectivity index (χ0v) is 12.0. The highest BCUT2D eigenvalue weighted by Gasteiger charge is 2.44. The second kappa shape index (κ2) is 7.78. The minimum atomic E-state index is -0.428. The molecule has 2 unspecified atom stereocenters. The number of unbranched alkanes of at least 4 members (excludes halogenated alkanes) is 5. The standard InChI is InChI=1S/C15H29NO2/c1-3-4-5-6-7-8-12-18-14(17)15(2)11-9-10-13(15)16/h13H,3-12,16H2,1-2H3. The van der Waals surface area contributed by atoms with Gasteiger partial charge in [-0.25, -0.2) is 0 Å². The third kappa shape index (κ3) is 4.27. The predicted molar refractivity (Wildman–Crippen MR) is 74.3 cm³/mol. The molecular formula is C15H29NO2. The monoisotopic (exact) mass is 255 g/mol. The van der Waals surface area contributed by atoms with Crippen molar-refractivity contribution in [1.29, 1.82) is 0 Å². The number of rotatable bonds is 8. The van der Waals surface area contributed by atoms with E-state index >= 15 is 0 Å². The Morgan fingerprint density at radius 2 is 1.94 bits per heavy atom. The van der Waals surface area contributed by atoms with E-state index in [1.165, 1.54) is 25.7 Å². The summed E-state index contributed by atoms with van der Waals surface area (Å²) in [5.74, 6) is -0.0824. The number of carbonyl (C=O) groups excluding carboxylic acids is 1. The van der Waals surface area contributed by atoms with Gasteiger partial charge >= 0.3 is 5.97 Å². The maximum atomic E-state index is 12.0. The lowest BCUT2D eigenvalue weighted by molar-refractivity contribution is -0.155. The molecule has 0 aliphatic heterocycles. The highest BCUT2D eigenvalue weighted by atomic mass is 16.5. The smallest absolute Gasteiger partial charge is 0.313 e. The Bertz CT molecular complexity index is 255. The van der Waals surface area contributed by atoms with Gasteiger partial charge in [0.25, 0.3) is 0 Å². The summed E-state index contributed by atoms with van der Waals surface area (Å²) >= 11 is 0. The molecule has 3 nitrogen and oxygen atoms in total. The number of carbonyl (C=O) groups is 1. The second-order valence-electron chi connectivity index (χ2n) is 5.82. The van der Waals surface area contributed by atoms with Gasteiger partial charge in [0.2, 0.25) is 0 Å². The number of hydrogen-bond donors (Lipinski definition) is 1. The molecule has 2 atom stereocenters. The Hall–Kier alpha value is -0.570. The summed E-state index contributed by atoms with van der Waals surface area (Å²) in [6.45, 7) is 4.73. The largest absolute Gasteiger partial charge is 0.465 e.